The fourth-order valence-corrected chi connectivity index (χ4v) is 2.01. The van der Waals surface area contributed by atoms with Crippen LogP contribution in [-0.2, 0) is 6.61 Å². The minimum Gasteiger partial charge on any atom is -0.496 e. The van der Waals surface area contributed by atoms with E-state index in [0.717, 1.165) is 5.56 Å². The minimum absolute atomic E-state index is 0.237. The third kappa shape index (κ3) is 3.45. The summed E-state index contributed by atoms with van der Waals surface area (Å²) in [5.41, 5.74) is 1.69. The van der Waals surface area contributed by atoms with Gasteiger partial charge in [0.25, 0.3) is 0 Å². The highest BCUT2D eigenvalue weighted by Crippen LogP contribution is 2.25. The maximum Gasteiger partial charge on any atom is 0.125 e. The van der Waals surface area contributed by atoms with E-state index in [1.54, 1.807) is 43.5 Å². The van der Waals surface area contributed by atoms with Gasteiger partial charge in [-0.2, -0.15) is 10.5 Å². The number of rotatable bonds is 4. The Morgan fingerprint density at radius 3 is 2.52 bits per heavy atom. The van der Waals surface area contributed by atoms with Gasteiger partial charge < -0.3 is 9.47 Å². The first-order valence-corrected chi connectivity index (χ1v) is 6.45. The van der Waals surface area contributed by atoms with E-state index in [1.165, 1.54) is 0 Å². The molecule has 0 bridgehead atoms. The highest BCUT2D eigenvalue weighted by molar-refractivity contribution is 6.31. The molecule has 0 aliphatic heterocycles. The fourth-order valence-electron chi connectivity index (χ4n) is 1.80. The second-order valence-corrected chi connectivity index (χ2v) is 4.59. The zero-order valence-corrected chi connectivity index (χ0v) is 12.0. The highest BCUT2D eigenvalue weighted by atomic mass is 35.5. The largest absolute Gasteiger partial charge is 0.496 e. The first-order valence-electron chi connectivity index (χ1n) is 6.07. The third-order valence-corrected chi connectivity index (χ3v) is 3.18. The average molecular weight is 299 g/mol. The van der Waals surface area contributed by atoms with E-state index in [-0.39, 0.29) is 6.61 Å². The van der Waals surface area contributed by atoms with Crippen LogP contribution in [0, 0.1) is 22.7 Å². The van der Waals surface area contributed by atoms with Crippen molar-refractivity contribution < 1.29 is 9.47 Å². The quantitative estimate of drug-likeness (QED) is 0.863. The summed E-state index contributed by atoms with van der Waals surface area (Å²) in [7, 11) is 1.56. The number of nitrogens with zero attached hydrogens (tertiary/aromatic N) is 2. The molecule has 0 heterocycles. The molecule has 0 fully saturated rings. The molecule has 21 heavy (non-hydrogen) atoms. The normalized spacial score (nSPS) is 9.52. The zero-order chi connectivity index (χ0) is 15.2. The van der Waals surface area contributed by atoms with Crippen LogP contribution < -0.4 is 9.47 Å². The maximum absolute atomic E-state index is 8.93. The number of hydrogen-bond donors (Lipinski definition) is 0. The number of ether oxygens (including phenoxy) is 2. The molecule has 0 atom stereocenters. The Hall–Kier alpha value is -2.69. The van der Waals surface area contributed by atoms with Gasteiger partial charge in [-0.1, -0.05) is 11.6 Å². The van der Waals surface area contributed by atoms with Crippen LogP contribution in [0.1, 0.15) is 16.7 Å². The van der Waals surface area contributed by atoms with Gasteiger partial charge in [0, 0.05) is 11.6 Å². The summed E-state index contributed by atoms with van der Waals surface area (Å²) in [6.07, 6.45) is 0. The van der Waals surface area contributed by atoms with Gasteiger partial charge in [0.15, 0.2) is 0 Å². The van der Waals surface area contributed by atoms with Crippen molar-refractivity contribution in [2.45, 2.75) is 6.61 Å². The summed E-state index contributed by atoms with van der Waals surface area (Å²) >= 11 is 5.95. The number of nitriles is 2. The van der Waals surface area contributed by atoms with Crippen molar-refractivity contribution in [2.24, 2.45) is 0 Å². The Labute approximate surface area is 127 Å². The number of hydrogen-bond acceptors (Lipinski definition) is 4. The molecule has 0 amide bonds. The number of methoxy groups -OCH3 is 1. The minimum atomic E-state index is 0.237. The Kier molecular flexibility index (Phi) is 4.66. The van der Waals surface area contributed by atoms with E-state index in [2.05, 4.69) is 6.07 Å². The molecule has 0 N–H and O–H groups in total. The van der Waals surface area contributed by atoms with Crippen LogP contribution in [0.25, 0.3) is 0 Å². The summed E-state index contributed by atoms with van der Waals surface area (Å²) in [6, 6.07) is 14.0. The van der Waals surface area contributed by atoms with Crippen molar-refractivity contribution in [2.75, 3.05) is 7.11 Å². The molecule has 0 aliphatic carbocycles. The lowest BCUT2D eigenvalue weighted by molar-refractivity contribution is 0.296. The predicted molar refractivity (Wildman–Crippen MR) is 78.2 cm³/mol. The lowest BCUT2D eigenvalue weighted by Crippen LogP contribution is -1.99. The molecule has 0 saturated heterocycles. The molecule has 0 radical (unpaired) electrons. The van der Waals surface area contributed by atoms with Gasteiger partial charge in [0.1, 0.15) is 24.2 Å². The van der Waals surface area contributed by atoms with Gasteiger partial charge in [0.05, 0.1) is 29.3 Å². The predicted octanol–water partition coefficient (Wildman–Crippen LogP) is 3.67. The molecular formula is C16H11ClN2O2. The average Bonchev–Trinajstić information content (AvgIpc) is 2.52. The SMILES string of the molecule is COc1ccc(C#N)cc1COc1ccc(C#N)c(Cl)c1. The molecule has 104 valence electrons. The Bertz CT molecular complexity index is 745. The maximum atomic E-state index is 8.93. The second kappa shape index (κ2) is 6.65. The van der Waals surface area contributed by atoms with Crippen LogP contribution in [0.5, 0.6) is 11.5 Å². The van der Waals surface area contributed by atoms with Crippen molar-refractivity contribution in [3.63, 3.8) is 0 Å². The smallest absolute Gasteiger partial charge is 0.125 e. The van der Waals surface area contributed by atoms with Crippen LogP contribution in [0.15, 0.2) is 36.4 Å². The topological polar surface area (TPSA) is 66.0 Å². The van der Waals surface area contributed by atoms with Crippen molar-refractivity contribution in [1.29, 1.82) is 10.5 Å². The molecule has 5 heteroatoms. The van der Waals surface area contributed by atoms with Gasteiger partial charge in [-0.15, -0.1) is 0 Å². The Morgan fingerprint density at radius 1 is 1.10 bits per heavy atom. The lowest BCUT2D eigenvalue weighted by Gasteiger charge is -2.11. The van der Waals surface area contributed by atoms with Crippen molar-refractivity contribution in [3.05, 3.63) is 58.1 Å². The van der Waals surface area contributed by atoms with Crippen molar-refractivity contribution in [1.82, 2.24) is 0 Å². The molecule has 0 aromatic heterocycles. The van der Waals surface area contributed by atoms with Crippen LogP contribution in [0.2, 0.25) is 5.02 Å². The van der Waals surface area contributed by atoms with Crippen LogP contribution in [0.3, 0.4) is 0 Å². The van der Waals surface area contributed by atoms with E-state index in [4.69, 9.17) is 31.6 Å². The molecule has 0 saturated carbocycles. The number of halogens is 1. The Morgan fingerprint density at radius 2 is 1.90 bits per heavy atom. The zero-order valence-electron chi connectivity index (χ0n) is 11.3. The van der Waals surface area contributed by atoms with Gasteiger partial charge in [-0.3, -0.25) is 0 Å². The Balaban J connectivity index is 2.18. The summed E-state index contributed by atoms with van der Waals surface area (Å²) in [6.45, 7) is 0.237. The van der Waals surface area contributed by atoms with E-state index >= 15 is 0 Å². The van der Waals surface area contributed by atoms with Gasteiger partial charge >= 0.3 is 0 Å². The van der Waals surface area contributed by atoms with Crippen molar-refractivity contribution >= 4 is 11.6 Å². The highest BCUT2D eigenvalue weighted by Gasteiger charge is 2.07. The second-order valence-electron chi connectivity index (χ2n) is 4.18. The van der Waals surface area contributed by atoms with Crippen molar-refractivity contribution in [3.8, 4) is 23.6 Å². The molecular weight excluding hydrogens is 288 g/mol. The third-order valence-electron chi connectivity index (χ3n) is 2.86. The molecule has 2 aromatic rings. The van der Waals surface area contributed by atoms with Crippen LogP contribution >= 0.6 is 11.6 Å². The van der Waals surface area contributed by atoms with E-state index < -0.39 is 0 Å². The van der Waals surface area contributed by atoms with E-state index in [0.29, 0.717) is 27.6 Å². The first-order chi connectivity index (χ1) is 10.2. The summed E-state index contributed by atoms with van der Waals surface area (Å²) in [5.74, 6) is 1.19. The standard InChI is InChI=1S/C16H11ClN2O2/c1-20-16-5-2-11(8-18)6-13(16)10-21-14-4-3-12(9-19)15(17)7-14/h2-7H,10H2,1H3. The number of benzene rings is 2. The molecule has 0 spiro atoms. The molecule has 0 unspecified atom stereocenters. The molecule has 4 nitrogen and oxygen atoms in total. The summed E-state index contributed by atoms with van der Waals surface area (Å²) < 4.78 is 10.9. The fraction of sp³-hybridized carbons (Fsp3) is 0.125. The molecule has 2 aromatic carbocycles. The van der Waals surface area contributed by atoms with E-state index in [9.17, 15) is 0 Å². The van der Waals surface area contributed by atoms with Gasteiger partial charge in [-0.05, 0) is 30.3 Å². The first kappa shape index (κ1) is 14.7. The van der Waals surface area contributed by atoms with Gasteiger partial charge in [0.2, 0.25) is 0 Å². The molecule has 0 aliphatic rings. The van der Waals surface area contributed by atoms with Gasteiger partial charge in [-0.25, -0.2) is 0 Å². The summed E-state index contributed by atoms with van der Waals surface area (Å²) in [5, 5.41) is 18.1. The van der Waals surface area contributed by atoms with E-state index in [1.807, 2.05) is 6.07 Å². The lowest BCUT2D eigenvalue weighted by atomic mass is 10.1. The van der Waals surface area contributed by atoms with Crippen LogP contribution in [0.4, 0.5) is 0 Å². The summed E-state index contributed by atoms with van der Waals surface area (Å²) in [4.78, 5) is 0. The monoisotopic (exact) mass is 298 g/mol. The molecule has 2 rings (SSSR count). The van der Waals surface area contributed by atoms with Crippen LogP contribution in [-0.4, -0.2) is 7.11 Å².